The number of hydrogen-bond acceptors (Lipinski definition) is 5. The Kier molecular flexibility index (Phi) is 6.14. The molecule has 0 saturated carbocycles. The van der Waals surface area contributed by atoms with Gasteiger partial charge in [-0.05, 0) is 55.5 Å². The molecule has 3 aliphatic rings. The van der Waals surface area contributed by atoms with Crippen molar-refractivity contribution in [1.29, 1.82) is 0 Å². The summed E-state index contributed by atoms with van der Waals surface area (Å²) in [6.07, 6.45) is 10.0. The fourth-order valence-corrected chi connectivity index (χ4v) is 5.65. The maximum Gasteiger partial charge on any atom is 0.319 e. The first kappa shape index (κ1) is 21.7. The zero-order valence-electron chi connectivity index (χ0n) is 19.2. The quantitative estimate of drug-likeness (QED) is 0.486. The highest BCUT2D eigenvalue weighted by Crippen LogP contribution is 2.46. The number of carbonyl (C=O) groups is 1. The maximum absolute atomic E-state index is 13.6. The first-order chi connectivity index (χ1) is 16.2. The number of benzene rings is 2. The van der Waals surface area contributed by atoms with Gasteiger partial charge in [-0.25, -0.2) is 0 Å². The largest absolute Gasteiger partial charge is 0.468 e. The van der Waals surface area contributed by atoms with Gasteiger partial charge in [0.15, 0.2) is 0 Å². The Morgan fingerprint density at radius 1 is 1.15 bits per heavy atom. The van der Waals surface area contributed by atoms with Crippen molar-refractivity contribution in [2.75, 3.05) is 25.2 Å². The minimum absolute atomic E-state index is 0.0145. The summed E-state index contributed by atoms with van der Waals surface area (Å²) in [5.74, 6) is -0.160. The number of allylic oxidation sites excluding steroid dienone is 1. The molecule has 2 aromatic rings. The lowest BCUT2D eigenvalue weighted by molar-refractivity contribution is -0.151. The molecule has 0 bridgehead atoms. The van der Waals surface area contributed by atoms with Gasteiger partial charge in [-0.15, -0.1) is 0 Å². The minimum atomic E-state index is -0.760. The monoisotopic (exact) mass is 441 g/mol. The molecule has 1 aliphatic carbocycles. The Balaban J connectivity index is 1.63. The van der Waals surface area contributed by atoms with Gasteiger partial charge < -0.3 is 4.74 Å². The summed E-state index contributed by atoms with van der Waals surface area (Å²) in [5.41, 5.74) is 3.61. The predicted molar refractivity (Wildman–Crippen MR) is 132 cm³/mol. The van der Waals surface area contributed by atoms with E-state index in [0.29, 0.717) is 6.54 Å². The topological polar surface area (TPSA) is 45.1 Å². The highest BCUT2D eigenvalue weighted by molar-refractivity contribution is 6.09. The molecule has 0 amide bonds. The number of rotatable bonds is 5. The van der Waals surface area contributed by atoms with Crippen LogP contribution in [0.2, 0.25) is 0 Å². The van der Waals surface area contributed by atoms with Crippen LogP contribution in [0.15, 0.2) is 89.6 Å². The minimum Gasteiger partial charge on any atom is -0.468 e. The summed E-state index contributed by atoms with van der Waals surface area (Å²) in [7, 11) is 1.51. The van der Waals surface area contributed by atoms with E-state index < -0.39 is 5.41 Å². The van der Waals surface area contributed by atoms with Crippen molar-refractivity contribution >= 4 is 17.4 Å². The van der Waals surface area contributed by atoms with Gasteiger partial charge in [0, 0.05) is 6.54 Å². The van der Waals surface area contributed by atoms with E-state index in [4.69, 9.17) is 9.84 Å². The number of hydrogen-bond donors (Lipinski definition) is 0. The van der Waals surface area contributed by atoms with Crippen LogP contribution >= 0.6 is 0 Å². The molecule has 1 saturated heterocycles. The lowest BCUT2D eigenvalue weighted by Gasteiger charge is -2.47. The summed E-state index contributed by atoms with van der Waals surface area (Å²) in [5, 5.41) is 7.34. The van der Waals surface area contributed by atoms with E-state index in [9.17, 15) is 4.79 Å². The van der Waals surface area contributed by atoms with Crippen molar-refractivity contribution < 1.29 is 9.53 Å². The van der Waals surface area contributed by atoms with Crippen LogP contribution in [0.3, 0.4) is 0 Å². The van der Waals surface area contributed by atoms with Crippen molar-refractivity contribution in [2.45, 2.75) is 38.3 Å². The Morgan fingerprint density at radius 2 is 1.91 bits per heavy atom. The number of para-hydroxylation sites is 1. The Bertz CT molecular complexity index is 1080. The second-order valence-electron chi connectivity index (χ2n) is 9.03. The van der Waals surface area contributed by atoms with Crippen LogP contribution in [0.25, 0.3) is 0 Å². The van der Waals surface area contributed by atoms with Gasteiger partial charge in [0.25, 0.3) is 0 Å². The van der Waals surface area contributed by atoms with Gasteiger partial charge in [-0.1, -0.05) is 66.8 Å². The second kappa shape index (κ2) is 9.36. The highest BCUT2D eigenvalue weighted by Gasteiger charge is 2.56. The van der Waals surface area contributed by atoms with E-state index in [1.54, 1.807) is 0 Å². The molecular formula is C28H31N3O2. The van der Waals surface area contributed by atoms with Gasteiger partial charge in [0.1, 0.15) is 5.41 Å². The van der Waals surface area contributed by atoms with Crippen LogP contribution in [-0.4, -0.2) is 42.8 Å². The summed E-state index contributed by atoms with van der Waals surface area (Å²) in [6.45, 7) is 2.46. The van der Waals surface area contributed by atoms with Gasteiger partial charge in [-0.3, -0.25) is 14.7 Å². The van der Waals surface area contributed by atoms with E-state index in [0.717, 1.165) is 50.2 Å². The molecule has 2 aliphatic heterocycles. The molecule has 2 heterocycles. The summed E-state index contributed by atoms with van der Waals surface area (Å²) < 4.78 is 5.49. The summed E-state index contributed by atoms with van der Waals surface area (Å²) in [4.78, 5) is 16.0. The van der Waals surface area contributed by atoms with E-state index in [1.807, 2.05) is 24.3 Å². The third kappa shape index (κ3) is 4.02. The Hall–Kier alpha value is -3.18. The van der Waals surface area contributed by atoms with Crippen LogP contribution in [0.4, 0.5) is 5.69 Å². The standard InChI is InChI=1S/C28H31N3O2/c1-33-27(32)28-18-8-13-23-14-9-19-30(26(23)28)20-10-17-25(28)29-31(24-15-6-3-7-16-24)21-22-11-4-2-5-12-22/h2-7,9,11-16,26H,8,10,17-21H2,1H3/b29-25+/t26-,28-/m1/s1. The average Bonchev–Trinajstić information content (AvgIpc) is 3.03. The Labute approximate surface area is 196 Å². The zero-order chi connectivity index (χ0) is 22.7. The van der Waals surface area contributed by atoms with Crippen LogP contribution in [0, 0.1) is 5.41 Å². The molecule has 0 N–H and O–H groups in total. The predicted octanol–water partition coefficient (Wildman–Crippen LogP) is 4.96. The molecule has 5 rings (SSSR count). The summed E-state index contributed by atoms with van der Waals surface area (Å²) >= 11 is 0. The lowest BCUT2D eigenvalue weighted by Crippen LogP contribution is -2.58. The molecule has 1 fully saturated rings. The van der Waals surface area contributed by atoms with Crippen LogP contribution < -0.4 is 5.01 Å². The third-order valence-electron chi connectivity index (χ3n) is 7.11. The zero-order valence-corrected chi connectivity index (χ0v) is 19.2. The van der Waals surface area contributed by atoms with Crippen LogP contribution in [0.5, 0.6) is 0 Å². The highest BCUT2D eigenvalue weighted by atomic mass is 16.5. The van der Waals surface area contributed by atoms with E-state index in [2.05, 4.69) is 64.5 Å². The normalized spacial score (nSPS) is 25.7. The van der Waals surface area contributed by atoms with Crippen molar-refractivity contribution in [3.8, 4) is 0 Å². The molecule has 0 unspecified atom stereocenters. The number of esters is 1. The molecular weight excluding hydrogens is 410 g/mol. The lowest BCUT2D eigenvalue weighted by atomic mass is 9.65. The SMILES string of the molecule is COC(=O)[C@]12CCC=C3C=CCN(CCC/C1=N\N(Cc1ccccc1)c1ccccc1)[C@H]32. The number of ether oxygens (including phenoxy) is 1. The average molecular weight is 442 g/mol. The number of nitrogens with zero attached hydrogens (tertiary/aromatic N) is 3. The molecule has 0 spiro atoms. The number of methoxy groups -OCH3 is 1. The number of hydrazone groups is 1. The van der Waals surface area contributed by atoms with Crippen LogP contribution in [-0.2, 0) is 16.1 Å². The van der Waals surface area contributed by atoms with Gasteiger partial charge in [-0.2, -0.15) is 5.10 Å². The maximum atomic E-state index is 13.6. The van der Waals surface area contributed by atoms with Crippen molar-refractivity contribution in [2.24, 2.45) is 10.5 Å². The molecule has 170 valence electrons. The molecule has 2 aromatic carbocycles. The first-order valence-corrected chi connectivity index (χ1v) is 11.9. The number of carbonyl (C=O) groups excluding carboxylic acids is 1. The van der Waals surface area contributed by atoms with E-state index >= 15 is 0 Å². The van der Waals surface area contributed by atoms with Gasteiger partial charge >= 0.3 is 5.97 Å². The fourth-order valence-electron chi connectivity index (χ4n) is 5.65. The number of anilines is 1. The van der Waals surface area contributed by atoms with Gasteiger partial charge in [0.05, 0.1) is 31.1 Å². The first-order valence-electron chi connectivity index (χ1n) is 11.9. The van der Waals surface area contributed by atoms with E-state index in [-0.39, 0.29) is 12.0 Å². The van der Waals surface area contributed by atoms with Crippen LogP contribution in [0.1, 0.15) is 31.2 Å². The molecule has 0 radical (unpaired) electrons. The van der Waals surface area contributed by atoms with Crippen molar-refractivity contribution in [1.82, 2.24) is 4.90 Å². The second-order valence-corrected chi connectivity index (χ2v) is 9.03. The molecule has 2 atom stereocenters. The van der Waals surface area contributed by atoms with Gasteiger partial charge in [0.2, 0.25) is 0 Å². The van der Waals surface area contributed by atoms with Crippen molar-refractivity contribution in [3.63, 3.8) is 0 Å². The molecule has 5 nitrogen and oxygen atoms in total. The van der Waals surface area contributed by atoms with Crippen molar-refractivity contribution in [3.05, 3.63) is 90.0 Å². The third-order valence-corrected chi connectivity index (χ3v) is 7.11. The molecule has 33 heavy (non-hydrogen) atoms. The fraction of sp³-hybridized carbons (Fsp3) is 0.357. The Morgan fingerprint density at radius 3 is 2.67 bits per heavy atom. The molecule has 5 heteroatoms. The molecule has 0 aromatic heterocycles. The smallest absolute Gasteiger partial charge is 0.319 e. The summed E-state index contributed by atoms with van der Waals surface area (Å²) in [6, 6.07) is 20.6. The van der Waals surface area contributed by atoms with E-state index in [1.165, 1.54) is 18.2 Å².